The zero-order valence-electron chi connectivity index (χ0n) is 14.8. The number of carboxylic acids is 1. The molecule has 1 aliphatic carbocycles. The van der Waals surface area contributed by atoms with Gasteiger partial charge in [-0.15, -0.1) is 12.4 Å². The van der Waals surface area contributed by atoms with Gasteiger partial charge in [-0.2, -0.15) is 0 Å². The number of rotatable bonds is 6. The lowest BCUT2D eigenvalue weighted by molar-refractivity contribution is 0.0695. The molecule has 1 aromatic carbocycles. The van der Waals surface area contributed by atoms with Crippen molar-refractivity contribution in [2.24, 2.45) is 0 Å². The molecule has 1 heterocycles. The Morgan fingerprint density at radius 1 is 1.48 bits per heavy atom. The third-order valence-electron chi connectivity index (χ3n) is 4.30. The maximum atomic E-state index is 14.7. The zero-order valence-corrected chi connectivity index (χ0v) is 16.4. The molecule has 3 N–H and O–H groups in total. The number of nitrogen functional groups attached to an aromatic ring is 1. The van der Waals surface area contributed by atoms with E-state index < -0.39 is 28.5 Å². The number of fused-ring (bicyclic) bond motifs is 1. The second kappa shape index (κ2) is 7.92. The van der Waals surface area contributed by atoms with E-state index in [1.54, 1.807) is 4.57 Å². The average molecular weight is 420 g/mol. The monoisotopic (exact) mass is 419 g/mol. The molecule has 3 rings (SSSR count). The number of ether oxygens (including phenoxy) is 1. The van der Waals surface area contributed by atoms with Crippen LogP contribution in [-0.4, -0.2) is 47.8 Å². The van der Waals surface area contributed by atoms with Gasteiger partial charge in [0.15, 0.2) is 11.6 Å². The summed E-state index contributed by atoms with van der Waals surface area (Å²) in [6.45, 7) is 0.705. The molecule has 0 saturated heterocycles. The molecule has 7 nitrogen and oxygen atoms in total. The van der Waals surface area contributed by atoms with Gasteiger partial charge in [-0.05, 0) is 26.9 Å². The topological polar surface area (TPSA) is 97.8 Å². The number of anilines is 1. The molecule has 0 atom stereocenters. The minimum atomic E-state index is -1.39. The maximum Gasteiger partial charge on any atom is 0.341 e. The number of nitrogens with zero attached hydrogens (tertiary/aromatic N) is 2. The van der Waals surface area contributed by atoms with E-state index in [1.165, 1.54) is 6.20 Å². The predicted octanol–water partition coefficient (Wildman–Crippen LogP) is 2.77. The molecular formula is C17H20Cl2FN3O4. The number of halogens is 3. The van der Waals surface area contributed by atoms with Gasteiger partial charge in [-0.1, -0.05) is 11.6 Å². The van der Waals surface area contributed by atoms with Crippen molar-refractivity contribution in [2.75, 3.05) is 33.0 Å². The van der Waals surface area contributed by atoms with Crippen LogP contribution in [0.3, 0.4) is 0 Å². The van der Waals surface area contributed by atoms with Gasteiger partial charge in [0, 0.05) is 18.8 Å². The standard InChI is InChI=1S/C17H19ClFN3O4.ClH/c1-21(2)5-6-26-16-11(18)14-10(13(20)12(16)19)15(23)9(17(24)25)7-22(14)8-3-4-8;/h7-8H,3-6,20H2,1-2H3,(H,24,25);1H. The number of carboxylic acid groups (broad SMARTS) is 1. The van der Waals surface area contributed by atoms with Gasteiger partial charge in [0.1, 0.15) is 17.2 Å². The Morgan fingerprint density at radius 3 is 2.63 bits per heavy atom. The molecule has 10 heteroatoms. The highest BCUT2D eigenvalue weighted by Gasteiger charge is 2.31. The Morgan fingerprint density at radius 2 is 2.11 bits per heavy atom. The van der Waals surface area contributed by atoms with E-state index in [4.69, 9.17) is 22.1 Å². The molecule has 2 aromatic rings. The second-order valence-electron chi connectivity index (χ2n) is 6.56. The van der Waals surface area contributed by atoms with E-state index in [0.29, 0.717) is 6.54 Å². The fourth-order valence-electron chi connectivity index (χ4n) is 2.79. The molecule has 1 saturated carbocycles. The summed E-state index contributed by atoms with van der Waals surface area (Å²) in [5.74, 6) is -2.58. The highest BCUT2D eigenvalue weighted by atomic mass is 35.5. The van der Waals surface area contributed by atoms with E-state index >= 15 is 0 Å². The van der Waals surface area contributed by atoms with Crippen molar-refractivity contribution in [3.8, 4) is 5.75 Å². The minimum Gasteiger partial charge on any atom is -0.487 e. The van der Waals surface area contributed by atoms with Crippen LogP contribution in [0, 0.1) is 5.82 Å². The SMILES string of the molecule is CN(C)CCOc1c(F)c(N)c2c(=O)c(C(=O)O)cn(C3CC3)c2c1Cl.Cl. The molecule has 148 valence electrons. The summed E-state index contributed by atoms with van der Waals surface area (Å²) >= 11 is 6.37. The Bertz CT molecular complexity index is 958. The number of aromatic nitrogens is 1. The van der Waals surface area contributed by atoms with Crippen LogP contribution < -0.4 is 15.9 Å². The van der Waals surface area contributed by atoms with E-state index in [0.717, 1.165) is 12.8 Å². The Labute approximate surface area is 165 Å². The first-order chi connectivity index (χ1) is 12.2. The highest BCUT2D eigenvalue weighted by molar-refractivity contribution is 6.37. The molecule has 1 aromatic heterocycles. The van der Waals surface area contributed by atoms with Crippen molar-refractivity contribution < 1.29 is 19.0 Å². The van der Waals surface area contributed by atoms with Crippen LogP contribution in [0.5, 0.6) is 5.75 Å². The van der Waals surface area contributed by atoms with E-state index in [2.05, 4.69) is 0 Å². The van der Waals surface area contributed by atoms with Crippen LogP contribution in [-0.2, 0) is 0 Å². The van der Waals surface area contributed by atoms with Crippen molar-refractivity contribution in [3.05, 3.63) is 32.8 Å². The third-order valence-corrected chi connectivity index (χ3v) is 4.65. The Hall–Kier alpha value is -2.03. The van der Waals surface area contributed by atoms with Gasteiger partial charge in [0.25, 0.3) is 0 Å². The fraction of sp³-hybridized carbons (Fsp3) is 0.412. The first-order valence-corrected chi connectivity index (χ1v) is 8.48. The molecule has 0 amide bonds. The number of hydrogen-bond acceptors (Lipinski definition) is 5. The van der Waals surface area contributed by atoms with Crippen molar-refractivity contribution in [3.63, 3.8) is 0 Å². The zero-order chi connectivity index (χ0) is 19.2. The molecule has 27 heavy (non-hydrogen) atoms. The van der Waals surface area contributed by atoms with Gasteiger partial charge in [-0.3, -0.25) is 4.79 Å². The first-order valence-electron chi connectivity index (χ1n) is 8.10. The first kappa shape index (κ1) is 21.3. The molecule has 1 fully saturated rings. The average Bonchev–Trinajstić information content (AvgIpc) is 3.39. The smallest absolute Gasteiger partial charge is 0.341 e. The molecule has 0 radical (unpaired) electrons. The van der Waals surface area contributed by atoms with Crippen LogP contribution in [0.4, 0.5) is 10.1 Å². The van der Waals surface area contributed by atoms with Gasteiger partial charge in [0.05, 0.1) is 16.6 Å². The minimum absolute atomic E-state index is 0. The van der Waals surface area contributed by atoms with E-state index in [1.807, 2.05) is 19.0 Å². The van der Waals surface area contributed by atoms with E-state index in [9.17, 15) is 19.1 Å². The number of likely N-dealkylation sites (N-methyl/N-ethyl adjacent to an activating group) is 1. The van der Waals surface area contributed by atoms with Crippen LogP contribution in [0.15, 0.2) is 11.0 Å². The number of aromatic carboxylic acids is 1. The summed E-state index contributed by atoms with van der Waals surface area (Å²) in [6.07, 6.45) is 2.86. The van der Waals surface area contributed by atoms with Gasteiger partial charge >= 0.3 is 5.97 Å². The lowest BCUT2D eigenvalue weighted by atomic mass is 10.1. The van der Waals surface area contributed by atoms with Crippen molar-refractivity contribution in [1.82, 2.24) is 9.47 Å². The van der Waals surface area contributed by atoms with Crippen LogP contribution in [0.1, 0.15) is 29.2 Å². The lowest BCUT2D eigenvalue weighted by Gasteiger charge is -2.19. The van der Waals surface area contributed by atoms with Gasteiger partial charge in [0.2, 0.25) is 5.43 Å². The van der Waals surface area contributed by atoms with E-state index in [-0.39, 0.29) is 46.7 Å². The lowest BCUT2D eigenvalue weighted by Crippen LogP contribution is -2.22. The van der Waals surface area contributed by atoms with Crippen molar-refractivity contribution >= 4 is 46.6 Å². The molecule has 0 aliphatic heterocycles. The Balaban J connectivity index is 0.00000261. The predicted molar refractivity (Wildman–Crippen MR) is 104 cm³/mol. The molecule has 0 unspecified atom stereocenters. The van der Waals surface area contributed by atoms with Crippen LogP contribution in [0.25, 0.3) is 10.9 Å². The molecule has 1 aliphatic rings. The van der Waals surface area contributed by atoms with Crippen LogP contribution >= 0.6 is 24.0 Å². The molecule has 0 spiro atoms. The Kier molecular flexibility index (Phi) is 6.24. The van der Waals surface area contributed by atoms with Crippen molar-refractivity contribution in [2.45, 2.75) is 18.9 Å². The summed E-state index contributed by atoms with van der Waals surface area (Å²) in [5, 5.41) is 8.99. The number of benzene rings is 1. The largest absolute Gasteiger partial charge is 0.487 e. The summed E-state index contributed by atoms with van der Waals surface area (Å²) in [5.41, 5.74) is 4.28. The van der Waals surface area contributed by atoms with Gasteiger partial charge in [-0.25, -0.2) is 9.18 Å². The highest BCUT2D eigenvalue weighted by Crippen LogP contribution is 2.44. The molecular weight excluding hydrogens is 400 g/mol. The fourth-order valence-corrected chi connectivity index (χ4v) is 3.12. The summed E-state index contributed by atoms with van der Waals surface area (Å²) in [4.78, 5) is 25.8. The number of carbonyl (C=O) groups is 1. The quantitative estimate of drug-likeness (QED) is 0.698. The third kappa shape index (κ3) is 3.83. The summed E-state index contributed by atoms with van der Waals surface area (Å²) in [6, 6.07) is -0.00631. The second-order valence-corrected chi connectivity index (χ2v) is 6.94. The maximum absolute atomic E-state index is 14.7. The van der Waals surface area contributed by atoms with Crippen LogP contribution in [0.2, 0.25) is 5.02 Å². The normalized spacial score (nSPS) is 13.7. The summed E-state index contributed by atoms with van der Waals surface area (Å²) < 4.78 is 21.8. The number of hydrogen-bond donors (Lipinski definition) is 2. The summed E-state index contributed by atoms with van der Waals surface area (Å²) in [7, 11) is 3.68. The van der Waals surface area contributed by atoms with Gasteiger partial charge < -0.3 is 25.0 Å². The van der Waals surface area contributed by atoms with Crippen molar-refractivity contribution in [1.29, 1.82) is 0 Å². The number of nitrogens with two attached hydrogens (primary N) is 1. The number of pyridine rings is 1. The molecule has 0 bridgehead atoms.